The van der Waals surface area contributed by atoms with E-state index in [1.165, 1.54) is 9.36 Å². The summed E-state index contributed by atoms with van der Waals surface area (Å²) in [4.78, 5) is 29.3. The minimum atomic E-state index is -0.492. The molecule has 2 heterocycles. The topological polar surface area (TPSA) is 60.1 Å². The molecule has 94 valence electrons. The Hall–Kier alpha value is -2.81. The molecule has 0 N–H and O–H groups in total. The van der Waals surface area contributed by atoms with E-state index in [-0.39, 0.29) is 19.1 Å². The van der Waals surface area contributed by atoms with Gasteiger partial charge < -0.3 is 0 Å². The molecule has 0 spiro atoms. The van der Waals surface area contributed by atoms with Crippen LogP contribution < -0.4 is 10.6 Å². The van der Waals surface area contributed by atoms with Crippen molar-refractivity contribution in [3.8, 4) is 12.3 Å². The Morgan fingerprint density at radius 2 is 2.00 bits per heavy atom. The van der Waals surface area contributed by atoms with Gasteiger partial charge in [0.15, 0.2) is 5.82 Å². The van der Waals surface area contributed by atoms with Crippen molar-refractivity contribution >= 4 is 11.7 Å². The zero-order valence-corrected chi connectivity index (χ0v) is 9.98. The minimum Gasteiger partial charge on any atom is -0.285 e. The van der Waals surface area contributed by atoms with Gasteiger partial charge in [0, 0.05) is 5.69 Å². The molecule has 1 aliphatic rings. The van der Waals surface area contributed by atoms with Gasteiger partial charge in [-0.3, -0.25) is 4.90 Å². The second kappa shape index (κ2) is 4.14. The fourth-order valence-electron chi connectivity index (χ4n) is 2.11. The van der Waals surface area contributed by atoms with Crippen LogP contribution in [0.15, 0.2) is 35.1 Å². The molecule has 19 heavy (non-hydrogen) atoms. The molecule has 0 unspecified atom stereocenters. The number of carbonyl (C=O) groups is 1. The number of terminal acetylenes is 1. The van der Waals surface area contributed by atoms with Crippen LogP contribution in [0.1, 0.15) is 5.82 Å². The summed E-state index contributed by atoms with van der Waals surface area (Å²) in [5.74, 6) is 2.76. The van der Waals surface area contributed by atoms with E-state index in [4.69, 9.17) is 6.42 Å². The van der Waals surface area contributed by atoms with Crippen LogP contribution in [0.2, 0.25) is 0 Å². The van der Waals surface area contributed by atoms with Crippen LogP contribution in [-0.4, -0.2) is 20.4 Å². The number of anilines is 1. The molecule has 0 atom stereocenters. The highest BCUT2D eigenvalue weighted by atomic mass is 16.2. The molecule has 1 aromatic heterocycles. The molecule has 0 saturated heterocycles. The Kier molecular flexibility index (Phi) is 2.46. The quantitative estimate of drug-likeness (QED) is 0.740. The van der Waals surface area contributed by atoms with E-state index in [1.54, 1.807) is 4.90 Å². The van der Waals surface area contributed by atoms with E-state index >= 15 is 0 Å². The Morgan fingerprint density at radius 1 is 1.26 bits per heavy atom. The van der Waals surface area contributed by atoms with Gasteiger partial charge in [-0.15, -0.1) is 6.42 Å². The smallest absolute Gasteiger partial charge is 0.285 e. The zero-order valence-electron chi connectivity index (χ0n) is 9.98. The Balaban J connectivity index is 2.05. The van der Waals surface area contributed by atoms with Crippen molar-refractivity contribution in [3.63, 3.8) is 0 Å². The monoisotopic (exact) mass is 254 g/mol. The van der Waals surface area contributed by atoms with Crippen LogP contribution in [0.4, 0.5) is 10.5 Å². The van der Waals surface area contributed by atoms with E-state index in [2.05, 4.69) is 10.9 Å². The number of fused-ring (bicyclic) bond motifs is 1. The highest BCUT2D eigenvalue weighted by Gasteiger charge is 2.32. The summed E-state index contributed by atoms with van der Waals surface area (Å²) in [5.41, 5.74) is 0.270. The number of rotatable bonds is 2. The molecule has 0 aliphatic carbocycles. The molecule has 0 radical (unpaired) electrons. The summed E-state index contributed by atoms with van der Waals surface area (Å²) >= 11 is 0. The third kappa shape index (κ3) is 1.64. The van der Waals surface area contributed by atoms with Crippen molar-refractivity contribution in [2.75, 3.05) is 4.90 Å². The number of nitrogens with zero attached hydrogens (tertiary/aromatic N) is 4. The first kappa shape index (κ1) is 11.3. The SMILES string of the molecule is C#CCn1c(=O)nc2n1C(=O)N(c1ccccc1)C2. The molecular weight excluding hydrogens is 244 g/mol. The van der Waals surface area contributed by atoms with Crippen molar-refractivity contribution in [2.24, 2.45) is 0 Å². The maximum atomic E-state index is 12.3. The van der Waals surface area contributed by atoms with Gasteiger partial charge in [-0.05, 0) is 12.1 Å². The van der Waals surface area contributed by atoms with Crippen molar-refractivity contribution in [3.05, 3.63) is 46.6 Å². The van der Waals surface area contributed by atoms with E-state index in [1.807, 2.05) is 30.3 Å². The normalized spacial score (nSPS) is 13.4. The number of amides is 1. The molecule has 3 rings (SSSR count). The summed E-state index contributed by atoms with van der Waals surface area (Å²) < 4.78 is 2.41. The van der Waals surface area contributed by atoms with Gasteiger partial charge >= 0.3 is 11.7 Å². The van der Waals surface area contributed by atoms with Crippen LogP contribution in [0, 0.1) is 12.3 Å². The summed E-state index contributed by atoms with van der Waals surface area (Å²) in [7, 11) is 0. The van der Waals surface area contributed by atoms with Gasteiger partial charge in [0.05, 0.1) is 6.54 Å². The average Bonchev–Trinajstić information content (AvgIpc) is 2.89. The summed E-state index contributed by atoms with van der Waals surface area (Å²) in [6.45, 7) is 0.301. The van der Waals surface area contributed by atoms with Crippen LogP contribution in [0.3, 0.4) is 0 Å². The first-order valence-electron chi connectivity index (χ1n) is 5.71. The molecule has 0 bridgehead atoms. The Bertz CT molecular complexity index is 736. The second-order valence-electron chi connectivity index (χ2n) is 4.09. The number of hydrogen-bond donors (Lipinski definition) is 0. The predicted molar refractivity (Wildman–Crippen MR) is 68.7 cm³/mol. The largest absolute Gasteiger partial charge is 0.365 e. The number of para-hydroxylation sites is 1. The zero-order chi connectivity index (χ0) is 13.4. The number of benzene rings is 1. The molecule has 2 aromatic rings. The highest BCUT2D eigenvalue weighted by Crippen LogP contribution is 2.22. The lowest BCUT2D eigenvalue weighted by molar-refractivity contribution is 0.245. The van der Waals surface area contributed by atoms with Gasteiger partial charge in [0.1, 0.15) is 6.54 Å². The molecule has 1 aromatic carbocycles. The standard InChI is InChI=1S/C13H10N4O2/c1-2-8-16-12(18)14-11-9-15(13(19)17(11)16)10-6-4-3-5-7-10/h1,3-7H,8-9H2. The van der Waals surface area contributed by atoms with Crippen molar-refractivity contribution in [1.29, 1.82) is 0 Å². The molecule has 1 amide bonds. The predicted octanol–water partition coefficient (Wildman–Crippen LogP) is 0.666. The molecule has 6 heteroatoms. The van der Waals surface area contributed by atoms with Crippen molar-refractivity contribution in [2.45, 2.75) is 13.1 Å². The second-order valence-corrected chi connectivity index (χ2v) is 4.09. The fraction of sp³-hybridized carbons (Fsp3) is 0.154. The molecule has 6 nitrogen and oxygen atoms in total. The van der Waals surface area contributed by atoms with E-state index in [9.17, 15) is 9.59 Å². The molecule has 1 aliphatic heterocycles. The Morgan fingerprint density at radius 3 is 2.68 bits per heavy atom. The fourth-order valence-corrected chi connectivity index (χ4v) is 2.11. The van der Waals surface area contributed by atoms with E-state index < -0.39 is 5.69 Å². The van der Waals surface area contributed by atoms with Gasteiger partial charge in [-0.2, -0.15) is 9.67 Å². The Labute approximate surface area is 108 Å². The summed E-state index contributed by atoms with van der Waals surface area (Å²) in [5, 5.41) is 0. The lowest BCUT2D eigenvalue weighted by atomic mass is 10.3. The molecular formula is C13H10N4O2. The first-order chi connectivity index (χ1) is 9.22. The number of aromatic nitrogens is 3. The van der Waals surface area contributed by atoms with Crippen molar-refractivity contribution in [1.82, 2.24) is 14.3 Å². The first-order valence-corrected chi connectivity index (χ1v) is 5.71. The summed E-state index contributed by atoms with van der Waals surface area (Å²) in [6.07, 6.45) is 5.20. The summed E-state index contributed by atoms with van der Waals surface area (Å²) in [6, 6.07) is 8.90. The van der Waals surface area contributed by atoms with Gasteiger partial charge in [0.2, 0.25) is 0 Å². The molecule has 0 fully saturated rings. The maximum absolute atomic E-state index is 12.3. The van der Waals surface area contributed by atoms with Crippen LogP contribution >= 0.6 is 0 Å². The van der Waals surface area contributed by atoms with Crippen molar-refractivity contribution < 1.29 is 4.79 Å². The van der Waals surface area contributed by atoms with Gasteiger partial charge in [-0.25, -0.2) is 14.3 Å². The van der Waals surface area contributed by atoms with Crippen LogP contribution in [0.25, 0.3) is 0 Å². The average molecular weight is 254 g/mol. The number of hydrogen-bond acceptors (Lipinski definition) is 3. The lowest BCUT2D eigenvalue weighted by Gasteiger charge is -2.14. The van der Waals surface area contributed by atoms with Crippen LogP contribution in [-0.2, 0) is 13.1 Å². The van der Waals surface area contributed by atoms with Crippen LogP contribution in [0.5, 0.6) is 0 Å². The third-order valence-corrected chi connectivity index (χ3v) is 2.95. The molecule has 0 saturated carbocycles. The highest BCUT2D eigenvalue weighted by molar-refractivity contribution is 5.95. The van der Waals surface area contributed by atoms with Gasteiger partial charge in [-0.1, -0.05) is 24.1 Å². The number of carbonyl (C=O) groups excluding carboxylic acids is 1. The van der Waals surface area contributed by atoms with E-state index in [0.717, 1.165) is 5.69 Å². The third-order valence-electron chi connectivity index (χ3n) is 2.95. The van der Waals surface area contributed by atoms with E-state index in [0.29, 0.717) is 5.82 Å². The lowest BCUT2D eigenvalue weighted by Crippen LogP contribution is -2.33. The maximum Gasteiger partial charge on any atom is 0.365 e. The minimum absolute atomic E-state index is 0.0280. The van der Waals surface area contributed by atoms with Gasteiger partial charge in [0.25, 0.3) is 0 Å².